The first-order valence-corrected chi connectivity index (χ1v) is 29.0. The molecule has 12 heteroatoms. The fourth-order valence-electron chi connectivity index (χ4n) is 13.3. The highest BCUT2D eigenvalue weighted by Crippen LogP contribution is 2.55. The molecule has 0 radical (unpaired) electrons. The molecule has 0 spiro atoms. The minimum atomic E-state index is 0.580. The van der Waals surface area contributed by atoms with Crippen molar-refractivity contribution in [1.29, 1.82) is 0 Å². The van der Waals surface area contributed by atoms with E-state index in [1.54, 1.807) is 11.3 Å². The first-order chi connectivity index (χ1) is 42.2. The van der Waals surface area contributed by atoms with Crippen molar-refractivity contribution in [1.82, 2.24) is 53.2 Å². The molecule has 0 bridgehead atoms. The van der Waals surface area contributed by atoms with Gasteiger partial charge in [0, 0.05) is 104 Å². The van der Waals surface area contributed by atoms with E-state index in [4.69, 9.17) is 34.9 Å². The number of hydrogen-bond donors (Lipinski definition) is 0. The number of benzene rings is 8. The average molecular weight is 1110 g/mol. The Morgan fingerprint density at radius 3 is 1.07 bits per heavy atom. The largest absolute Gasteiger partial charge is 0.306 e. The van der Waals surface area contributed by atoms with E-state index in [-0.39, 0.29) is 0 Å². The zero-order valence-electron chi connectivity index (χ0n) is 45.2. The highest BCUT2D eigenvalue weighted by Gasteiger charge is 2.37. The lowest BCUT2D eigenvalue weighted by molar-refractivity contribution is 1.04. The quantitative estimate of drug-likeness (QED) is 0.149. The van der Waals surface area contributed by atoms with Crippen LogP contribution in [0.3, 0.4) is 0 Å². The predicted molar refractivity (Wildman–Crippen MR) is 345 cm³/mol. The smallest absolute Gasteiger partial charge is 0.160 e. The number of aromatic nitrogens is 11. The number of pyridine rings is 4. The summed E-state index contributed by atoms with van der Waals surface area (Å²) in [6, 6.07) is 74.9. The molecule has 0 atom stereocenters. The van der Waals surface area contributed by atoms with E-state index in [2.05, 4.69) is 225 Å². The zero-order chi connectivity index (χ0) is 55.7. The number of hydrogen-bond acceptors (Lipinski definition) is 8. The number of nitrogens with zero attached hydrogens (tertiary/aromatic N) is 11. The summed E-state index contributed by atoms with van der Waals surface area (Å²) in [4.78, 5) is 36.7. The first kappa shape index (κ1) is 47.2. The fourth-order valence-corrected chi connectivity index (χ4v) is 14.3. The Labute approximate surface area is 488 Å². The van der Waals surface area contributed by atoms with Gasteiger partial charge in [0.05, 0.1) is 99.6 Å². The van der Waals surface area contributed by atoms with Gasteiger partial charge in [-0.15, -0.1) is 11.3 Å². The van der Waals surface area contributed by atoms with Crippen LogP contribution in [0.4, 0.5) is 0 Å². The summed E-state index contributed by atoms with van der Waals surface area (Å²) in [5.41, 5.74) is 17.2. The van der Waals surface area contributed by atoms with Crippen LogP contribution in [0.25, 0.3) is 165 Å². The third kappa shape index (κ3) is 6.97. The molecule has 0 N–H and O–H groups in total. The Morgan fingerprint density at radius 2 is 0.635 bits per heavy atom. The van der Waals surface area contributed by atoms with Crippen LogP contribution in [0.2, 0.25) is 0 Å². The lowest BCUT2D eigenvalue weighted by Crippen LogP contribution is -2.16. The Kier molecular flexibility index (Phi) is 10.3. The van der Waals surface area contributed by atoms with Crippen LogP contribution in [0.1, 0.15) is 0 Å². The molecule has 0 saturated heterocycles. The molecule has 0 saturated carbocycles. The molecule has 396 valence electrons. The summed E-state index contributed by atoms with van der Waals surface area (Å²) in [5, 5.41) is 9.07. The van der Waals surface area contributed by atoms with Crippen LogP contribution >= 0.6 is 11.3 Å². The molecule has 10 aromatic heterocycles. The maximum absolute atomic E-state index is 5.98. The van der Waals surface area contributed by atoms with Crippen molar-refractivity contribution in [3.05, 3.63) is 262 Å². The molecule has 18 rings (SSSR count). The van der Waals surface area contributed by atoms with Gasteiger partial charge in [0.25, 0.3) is 0 Å². The molecule has 11 nitrogen and oxygen atoms in total. The molecule has 0 fully saturated rings. The van der Waals surface area contributed by atoms with E-state index >= 15 is 0 Å². The summed E-state index contributed by atoms with van der Waals surface area (Å²) in [5.74, 6) is 0.580. The molecule has 85 heavy (non-hydrogen) atoms. The molecular formula is C73H43N11S. The van der Waals surface area contributed by atoms with Crippen LogP contribution in [0.15, 0.2) is 262 Å². The van der Waals surface area contributed by atoms with Gasteiger partial charge in [-0.05, 0) is 66.7 Å². The summed E-state index contributed by atoms with van der Waals surface area (Å²) in [7, 11) is 0. The Hall–Kier alpha value is -11.5. The van der Waals surface area contributed by atoms with Crippen molar-refractivity contribution >= 4 is 109 Å². The van der Waals surface area contributed by atoms with Crippen molar-refractivity contribution in [3.63, 3.8) is 0 Å². The second-order valence-corrected chi connectivity index (χ2v) is 22.3. The lowest BCUT2D eigenvalue weighted by atomic mass is 9.94. The maximum Gasteiger partial charge on any atom is 0.160 e. The lowest BCUT2D eigenvalue weighted by Gasteiger charge is -2.30. The average Bonchev–Trinajstić information content (AvgIpc) is 1.69. The first-order valence-electron chi connectivity index (χ1n) is 28.2. The SMILES string of the molecule is c1ccc(-c2cc(-c3c(-n4c5ccccc5c5cnccc54)c(-n4c5ccccc5c5cnccc54)c(-c4nc5ccccc5s4)c(-n4c5ccccc5c5cnccc54)c3-n3c4ccccc4c4cnccc43)nc(-c3ccccc3)n2)cc1. The van der Waals surface area contributed by atoms with Crippen LogP contribution in [0, 0.1) is 0 Å². The zero-order valence-corrected chi connectivity index (χ0v) is 46.0. The third-order valence-electron chi connectivity index (χ3n) is 16.8. The molecule has 8 aromatic carbocycles. The molecule has 0 unspecified atom stereocenters. The van der Waals surface area contributed by atoms with Gasteiger partial charge >= 0.3 is 0 Å². The highest BCUT2D eigenvalue weighted by molar-refractivity contribution is 7.21. The van der Waals surface area contributed by atoms with Gasteiger partial charge in [0.2, 0.25) is 0 Å². The van der Waals surface area contributed by atoms with E-state index in [0.29, 0.717) is 11.5 Å². The van der Waals surface area contributed by atoms with Crippen molar-refractivity contribution < 1.29 is 0 Å². The fraction of sp³-hybridized carbons (Fsp3) is 0. The van der Waals surface area contributed by atoms with Gasteiger partial charge in [0.1, 0.15) is 5.01 Å². The van der Waals surface area contributed by atoms with E-state index in [1.807, 2.05) is 55.6 Å². The Bertz CT molecular complexity index is 5200. The minimum absolute atomic E-state index is 0.580. The Balaban J connectivity index is 1.23. The van der Waals surface area contributed by atoms with Crippen LogP contribution in [0.5, 0.6) is 0 Å². The number of rotatable bonds is 8. The van der Waals surface area contributed by atoms with Crippen LogP contribution in [-0.4, -0.2) is 53.2 Å². The minimum Gasteiger partial charge on any atom is -0.306 e. The summed E-state index contributed by atoms with van der Waals surface area (Å²) in [6.07, 6.45) is 15.6. The molecular weight excluding hydrogens is 1060 g/mol. The number of para-hydroxylation sites is 5. The maximum atomic E-state index is 5.98. The summed E-state index contributed by atoms with van der Waals surface area (Å²) in [6.45, 7) is 0. The molecule has 0 aliphatic heterocycles. The standard InChI is InChI=1S/C73H43N11S/c1-3-17-44(18-4-1)55-39-56(79-72(78-55)45-19-5-2-6-20-45)66-68(81-57-26-12-7-21-46(57)50-40-74-35-31-61(50)81)70(83-59-28-14-9-23-48(59)52-42-76-37-33-63(52)83)67(73-80-54-25-11-16-30-65(54)85-73)71(84-60-29-15-10-24-49(60)53-43-77-38-34-64(53)84)69(66)82-58-27-13-8-22-47(58)51-41-75-36-32-62(51)82/h1-43H. The summed E-state index contributed by atoms with van der Waals surface area (Å²) < 4.78 is 11.0. The van der Waals surface area contributed by atoms with Crippen LogP contribution < -0.4 is 0 Å². The monoisotopic (exact) mass is 1110 g/mol. The van der Waals surface area contributed by atoms with Gasteiger partial charge in [-0.3, -0.25) is 19.9 Å². The van der Waals surface area contributed by atoms with Gasteiger partial charge in [-0.25, -0.2) is 15.0 Å². The molecule has 18 aromatic rings. The number of thiazole rings is 1. The second-order valence-electron chi connectivity index (χ2n) is 21.3. The van der Waals surface area contributed by atoms with E-state index < -0.39 is 0 Å². The third-order valence-corrected chi connectivity index (χ3v) is 17.8. The molecule has 0 aliphatic rings. The number of fused-ring (bicyclic) bond motifs is 13. The van der Waals surface area contributed by atoms with Gasteiger partial charge in [0.15, 0.2) is 5.82 Å². The Morgan fingerprint density at radius 1 is 0.282 bits per heavy atom. The van der Waals surface area contributed by atoms with Gasteiger partial charge in [-0.1, -0.05) is 146 Å². The summed E-state index contributed by atoms with van der Waals surface area (Å²) >= 11 is 1.70. The van der Waals surface area contributed by atoms with E-state index in [0.717, 1.165) is 153 Å². The second kappa shape index (κ2) is 18.5. The normalized spacial score (nSPS) is 12.0. The van der Waals surface area contributed by atoms with Crippen molar-refractivity contribution in [3.8, 4) is 67.2 Å². The van der Waals surface area contributed by atoms with Crippen molar-refractivity contribution in [2.45, 2.75) is 0 Å². The topological polar surface area (TPSA) is 110 Å². The van der Waals surface area contributed by atoms with Crippen LogP contribution in [-0.2, 0) is 0 Å². The van der Waals surface area contributed by atoms with Crippen molar-refractivity contribution in [2.24, 2.45) is 0 Å². The predicted octanol–water partition coefficient (Wildman–Crippen LogP) is 17.7. The molecule has 10 heterocycles. The van der Waals surface area contributed by atoms with E-state index in [9.17, 15) is 0 Å². The van der Waals surface area contributed by atoms with E-state index in [1.165, 1.54) is 0 Å². The van der Waals surface area contributed by atoms with Crippen molar-refractivity contribution in [2.75, 3.05) is 0 Å². The van der Waals surface area contributed by atoms with Gasteiger partial charge in [-0.2, -0.15) is 0 Å². The molecule has 0 amide bonds. The molecule has 0 aliphatic carbocycles. The highest BCUT2D eigenvalue weighted by atomic mass is 32.1. The van der Waals surface area contributed by atoms with Gasteiger partial charge < -0.3 is 18.3 Å².